The third kappa shape index (κ3) is 4.99. The fourth-order valence-corrected chi connectivity index (χ4v) is 4.60. The van der Waals surface area contributed by atoms with Crippen LogP contribution in [0.15, 0.2) is 41.3 Å². The van der Waals surface area contributed by atoms with Crippen LogP contribution in [-0.4, -0.2) is 47.1 Å². The average Bonchev–Trinajstić information content (AvgIpc) is 3.23. The maximum atomic E-state index is 13.0. The lowest BCUT2D eigenvalue weighted by molar-refractivity contribution is -0.140. The second-order valence-electron chi connectivity index (χ2n) is 8.07. The van der Waals surface area contributed by atoms with Gasteiger partial charge in [0.1, 0.15) is 11.5 Å². The van der Waals surface area contributed by atoms with E-state index in [1.54, 1.807) is 24.3 Å². The SMILES string of the molecule is Cc1ccsc1C1/C(=C(/O)c2ccc(OC(C)C)cc2)C(=O)C(=O)N1CCOC(C)C. The van der Waals surface area contributed by atoms with E-state index >= 15 is 0 Å². The molecular weight excluding hydrogens is 414 g/mol. The molecule has 3 rings (SSSR count). The van der Waals surface area contributed by atoms with Crippen molar-refractivity contribution in [2.75, 3.05) is 13.2 Å². The van der Waals surface area contributed by atoms with Crippen LogP contribution in [0, 0.1) is 6.92 Å². The molecule has 1 fully saturated rings. The summed E-state index contributed by atoms with van der Waals surface area (Å²) in [5.41, 5.74) is 1.54. The number of thiophene rings is 1. The number of Topliss-reactive ketones (excluding diaryl/α,β-unsaturated/α-hetero) is 1. The Hall–Kier alpha value is -2.64. The molecule has 2 aromatic rings. The molecular formula is C24H29NO5S. The second-order valence-corrected chi connectivity index (χ2v) is 9.02. The third-order valence-electron chi connectivity index (χ3n) is 4.97. The van der Waals surface area contributed by atoms with Crippen molar-refractivity contribution in [2.24, 2.45) is 0 Å². The van der Waals surface area contributed by atoms with Gasteiger partial charge in [-0.05, 0) is 75.9 Å². The molecule has 7 heteroatoms. The first-order chi connectivity index (χ1) is 14.7. The number of amides is 1. The minimum absolute atomic E-state index is 0.0188. The Balaban J connectivity index is 2.02. The van der Waals surface area contributed by atoms with Crippen molar-refractivity contribution >= 4 is 28.8 Å². The number of aryl methyl sites for hydroxylation is 1. The molecule has 1 unspecified atom stereocenters. The van der Waals surface area contributed by atoms with Crippen LogP contribution in [0.4, 0.5) is 0 Å². The van der Waals surface area contributed by atoms with Gasteiger partial charge in [0.2, 0.25) is 0 Å². The van der Waals surface area contributed by atoms with Gasteiger partial charge in [-0.2, -0.15) is 0 Å². The molecule has 0 radical (unpaired) electrons. The van der Waals surface area contributed by atoms with Gasteiger partial charge in [-0.15, -0.1) is 11.3 Å². The highest BCUT2D eigenvalue weighted by Crippen LogP contribution is 2.42. The van der Waals surface area contributed by atoms with Crippen LogP contribution in [0.3, 0.4) is 0 Å². The molecule has 0 spiro atoms. The summed E-state index contributed by atoms with van der Waals surface area (Å²) in [6, 6.07) is 8.19. The van der Waals surface area contributed by atoms with Gasteiger partial charge in [0.15, 0.2) is 0 Å². The summed E-state index contributed by atoms with van der Waals surface area (Å²) >= 11 is 1.47. The van der Waals surface area contributed by atoms with E-state index in [2.05, 4.69) is 0 Å². The van der Waals surface area contributed by atoms with Gasteiger partial charge >= 0.3 is 0 Å². The Morgan fingerprint density at radius 3 is 2.32 bits per heavy atom. The van der Waals surface area contributed by atoms with Crippen molar-refractivity contribution < 1.29 is 24.2 Å². The van der Waals surface area contributed by atoms with Gasteiger partial charge in [0, 0.05) is 17.0 Å². The fourth-order valence-electron chi connectivity index (χ4n) is 3.55. The smallest absolute Gasteiger partial charge is 0.295 e. The fraction of sp³-hybridized carbons (Fsp3) is 0.417. The lowest BCUT2D eigenvalue weighted by Crippen LogP contribution is -2.33. The van der Waals surface area contributed by atoms with Crippen molar-refractivity contribution in [1.82, 2.24) is 4.90 Å². The van der Waals surface area contributed by atoms with Crippen molar-refractivity contribution in [3.8, 4) is 5.75 Å². The number of ether oxygens (including phenoxy) is 2. The zero-order valence-corrected chi connectivity index (χ0v) is 19.4. The minimum Gasteiger partial charge on any atom is -0.507 e. The molecule has 0 saturated carbocycles. The van der Waals surface area contributed by atoms with Crippen LogP contribution >= 0.6 is 11.3 Å². The zero-order chi connectivity index (χ0) is 22.7. The van der Waals surface area contributed by atoms with Gasteiger partial charge in [0.25, 0.3) is 11.7 Å². The van der Waals surface area contributed by atoms with Gasteiger partial charge < -0.3 is 19.5 Å². The van der Waals surface area contributed by atoms with E-state index in [-0.39, 0.29) is 30.1 Å². The Morgan fingerprint density at radius 1 is 1.10 bits per heavy atom. The number of hydrogen-bond acceptors (Lipinski definition) is 6. The predicted octanol–water partition coefficient (Wildman–Crippen LogP) is 4.69. The quantitative estimate of drug-likeness (QED) is 0.364. The predicted molar refractivity (Wildman–Crippen MR) is 121 cm³/mol. The summed E-state index contributed by atoms with van der Waals surface area (Å²) in [6.07, 6.45) is 0.0463. The number of hydrogen-bond donors (Lipinski definition) is 1. The number of benzene rings is 1. The second kappa shape index (κ2) is 9.66. The zero-order valence-electron chi connectivity index (χ0n) is 18.5. The highest BCUT2D eigenvalue weighted by atomic mass is 32.1. The molecule has 1 aromatic heterocycles. The molecule has 1 amide bonds. The van der Waals surface area contributed by atoms with Crippen molar-refractivity contribution in [1.29, 1.82) is 0 Å². The summed E-state index contributed by atoms with van der Waals surface area (Å²) in [5, 5.41) is 13.0. The first kappa shape index (κ1) is 23.0. The number of nitrogens with zero attached hydrogens (tertiary/aromatic N) is 1. The van der Waals surface area contributed by atoms with Gasteiger partial charge in [-0.25, -0.2) is 0 Å². The number of aliphatic hydroxyl groups is 1. The van der Waals surface area contributed by atoms with Crippen LogP contribution in [0.5, 0.6) is 5.75 Å². The first-order valence-electron chi connectivity index (χ1n) is 10.4. The van der Waals surface area contributed by atoms with E-state index in [0.717, 1.165) is 10.4 Å². The largest absolute Gasteiger partial charge is 0.507 e. The number of rotatable bonds is 8. The Bertz CT molecular complexity index is 974. The van der Waals surface area contributed by atoms with Gasteiger partial charge in [-0.1, -0.05) is 0 Å². The summed E-state index contributed by atoms with van der Waals surface area (Å²) in [5.74, 6) is -0.808. The Morgan fingerprint density at radius 2 is 1.77 bits per heavy atom. The lowest BCUT2D eigenvalue weighted by atomic mass is 9.98. The molecule has 6 nitrogen and oxygen atoms in total. The summed E-state index contributed by atoms with van der Waals surface area (Å²) in [4.78, 5) is 28.2. The van der Waals surface area contributed by atoms with E-state index in [0.29, 0.717) is 17.9 Å². The number of ketones is 1. The first-order valence-corrected chi connectivity index (χ1v) is 11.3. The maximum Gasteiger partial charge on any atom is 0.295 e. The molecule has 1 aromatic carbocycles. The Kier molecular flexibility index (Phi) is 7.18. The molecule has 1 atom stereocenters. The highest BCUT2D eigenvalue weighted by Gasteiger charge is 2.46. The molecule has 0 bridgehead atoms. The minimum atomic E-state index is -0.678. The molecule has 1 aliphatic rings. The number of carbonyl (C=O) groups excluding carboxylic acids is 2. The standard InChI is InChI=1S/C24H29NO5S/c1-14(2)29-12-11-25-20(23-16(5)10-13-31-23)19(22(27)24(25)28)21(26)17-6-8-18(9-7-17)30-15(3)4/h6-10,13-15,20,26H,11-12H2,1-5H3/b21-19-. The number of likely N-dealkylation sites (tertiary alicyclic amines) is 1. The molecule has 1 saturated heterocycles. The molecule has 166 valence electrons. The summed E-state index contributed by atoms with van der Waals surface area (Å²) < 4.78 is 11.3. The topological polar surface area (TPSA) is 76.1 Å². The highest BCUT2D eigenvalue weighted by molar-refractivity contribution is 7.10. The molecule has 1 aliphatic heterocycles. The molecule has 1 N–H and O–H groups in total. The number of carbonyl (C=O) groups is 2. The van der Waals surface area contributed by atoms with Crippen LogP contribution in [-0.2, 0) is 14.3 Å². The Labute approximate surface area is 187 Å². The third-order valence-corrected chi connectivity index (χ3v) is 6.04. The van der Waals surface area contributed by atoms with Crippen LogP contribution in [0.2, 0.25) is 0 Å². The lowest BCUT2D eigenvalue weighted by Gasteiger charge is -2.25. The summed E-state index contributed by atoms with van der Waals surface area (Å²) in [6.45, 7) is 10.2. The molecule has 0 aliphatic carbocycles. The van der Waals surface area contributed by atoms with E-state index in [9.17, 15) is 14.7 Å². The summed E-state index contributed by atoms with van der Waals surface area (Å²) in [7, 11) is 0. The van der Waals surface area contributed by atoms with E-state index in [1.807, 2.05) is 46.1 Å². The van der Waals surface area contributed by atoms with E-state index < -0.39 is 17.7 Å². The van der Waals surface area contributed by atoms with Crippen molar-refractivity contribution in [3.05, 3.63) is 57.3 Å². The van der Waals surface area contributed by atoms with Crippen LogP contribution < -0.4 is 4.74 Å². The molecule has 31 heavy (non-hydrogen) atoms. The van der Waals surface area contributed by atoms with Gasteiger partial charge in [-0.3, -0.25) is 9.59 Å². The maximum absolute atomic E-state index is 13.0. The van der Waals surface area contributed by atoms with E-state index in [4.69, 9.17) is 9.47 Å². The van der Waals surface area contributed by atoms with Crippen LogP contribution in [0.1, 0.15) is 49.7 Å². The van der Waals surface area contributed by atoms with Gasteiger partial charge in [0.05, 0.1) is 30.4 Å². The number of aliphatic hydroxyl groups excluding tert-OH is 1. The normalized spacial score (nSPS) is 18.4. The monoisotopic (exact) mass is 443 g/mol. The average molecular weight is 444 g/mol. The van der Waals surface area contributed by atoms with E-state index in [1.165, 1.54) is 16.2 Å². The molecule has 2 heterocycles. The van der Waals surface area contributed by atoms with Crippen LogP contribution in [0.25, 0.3) is 5.76 Å². The van der Waals surface area contributed by atoms with Crippen molar-refractivity contribution in [2.45, 2.75) is 52.9 Å². The van der Waals surface area contributed by atoms with Crippen molar-refractivity contribution in [3.63, 3.8) is 0 Å².